The summed E-state index contributed by atoms with van der Waals surface area (Å²) >= 11 is 3.30. The van der Waals surface area contributed by atoms with Gasteiger partial charge in [0.15, 0.2) is 0 Å². The van der Waals surface area contributed by atoms with Crippen molar-refractivity contribution in [1.82, 2.24) is 4.72 Å². The van der Waals surface area contributed by atoms with E-state index in [1.807, 2.05) is 0 Å². The van der Waals surface area contributed by atoms with Gasteiger partial charge < -0.3 is 5.11 Å². The molecule has 0 spiro atoms. The summed E-state index contributed by atoms with van der Waals surface area (Å²) in [6.07, 6.45) is 3.95. The molecule has 2 saturated carbocycles. The van der Waals surface area contributed by atoms with Gasteiger partial charge in [-0.05, 0) is 55.4 Å². The summed E-state index contributed by atoms with van der Waals surface area (Å²) in [5.74, 6) is 0.822. The van der Waals surface area contributed by atoms with E-state index in [0.717, 1.165) is 30.2 Å². The Balaban J connectivity index is 1.87. The van der Waals surface area contributed by atoms with E-state index in [1.165, 1.54) is 0 Å². The van der Waals surface area contributed by atoms with E-state index in [2.05, 4.69) is 20.7 Å². The van der Waals surface area contributed by atoms with Crippen LogP contribution in [0.5, 0.6) is 0 Å². The van der Waals surface area contributed by atoms with Crippen molar-refractivity contribution in [2.45, 2.75) is 36.1 Å². The second-order valence-electron chi connectivity index (χ2n) is 5.95. The molecule has 2 aliphatic rings. The van der Waals surface area contributed by atoms with Crippen LogP contribution in [0.2, 0.25) is 0 Å². The molecule has 0 aliphatic heterocycles. The summed E-state index contributed by atoms with van der Waals surface area (Å²) in [6, 6.07) is 6.57. The third kappa shape index (κ3) is 2.43. The normalized spacial score (nSPS) is 32.7. The Morgan fingerprint density at radius 3 is 2.50 bits per heavy atom. The second kappa shape index (κ2) is 5.09. The summed E-state index contributed by atoms with van der Waals surface area (Å²) < 4.78 is 28.6. The molecule has 2 bridgehead atoms. The predicted molar refractivity (Wildman–Crippen MR) is 79.7 cm³/mol. The summed E-state index contributed by atoms with van der Waals surface area (Å²) in [5.41, 5.74) is -0.658. The Bertz CT molecular complexity index is 601. The van der Waals surface area contributed by atoms with Crippen molar-refractivity contribution >= 4 is 26.0 Å². The first kappa shape index (κ1) is 14.5. The summed E-state index contributed by atoms with van der Waals surface area (Å²) in [6.45, 7) is -0.121. The van der Waals surface area contributed by atoms with E-state index in [9.17, 15) is 13.5 Å². The number of hydrogen-bond donors (Lipinski definition) is 2. The highest BCUT2D eigenvalue weighted by atomic mass is 79.9. The van der Waals surface area contributed by atoms with Crippen LogP contribution in [-0.2, 0) is 10.0 Å². The third-order valence-corrected chi connectivity index (χ3v) is 6.82. The van der Waals surface area contributed by atoms with Gasteiger partial charge in [-0.2, -0.15) is 0 Å². The third-order valence-electron chi connectivity index (χ3n) is 4.72. The molecule has 0 saturated heterocycles. The monoisotopic (exact) mass is 359 g/mol. The number of sulfonamides is 1. The van der Waals surface area contributed by atoms with Gasteiger partial charge in [-0.15, -0.1) is 0 Å². The molecule has 0 aromatic heterocycles. The van der Waals surface area contributed by atoms with Crippen molar-refractivity contribution in [1.29, 1.82) is 0 Å². The van der Waals surface area contributed by atoms with Gasteiger partial charge >= 0.3 is 0 Å². The molecule has 2 N–H and O–H groups in total. The molecule has 3 unspecified atom stereocenters. The molecule has 0 amide bonds. The van der Waals surface area contributed by atoms with Crippen molar-refractivity contribution in [3.8, 4) is 0 Å². The molecule has 3 atom stereocenters. The highest BCUT2D eigenvalue weighted by molar-refractivity contribution is 9.10. The second-order valence-corrected chi connectivity index (χ2v) is 8.55. The van der Waals surface area contributed by atoms with E-state index in [4.69, 9.17) is 0 Å². The number of nitrogens with one attached hydrogen (secondary N) is 1. The molecule has 6 heteroatoms. The molecule has 4 nitrogen and oxygen atoms in total. The first-order chi connectivity index (χ1) is 9.45. The SMILES string of the molecule is O=S(=O)(NC1(CO)CC2CCC1C2)c1ccc(Br)cc1. The maximum absolute atomic E-state index is 12.5. The first-order valence-corrected chi connectivity index (χ1v) is 9.13. The average Bonchev–Trinajstić information content (AvgIpc) is 2.99. The topological polar surface area (TPSA) is 66.4 Å². The lowest BCUT2D eigenvalue weighted by molar-refractivity contribution is 0.127. The molecule has 1 aromatic carbocycles. The van der Waals surface area contributed by atoms with Crippen LogP contribution in [0.25, 0.3) is 0 Å². The van der Waals surface area contributed by atoms with Crippen LogP contribution in [0.1, 0.15) is 25.7 Å². The zero-order valence-electron chi connectivity index (χ0n) is 11.0. The van der Waals surface area contributed by atoms with Gasteiger partial charge in [0, 0.05) is 4.47 Å². The van der Waals surface area contributed by atoms with Gasteiger partial charge in [0.2, 0.25) is 10.0 Å². The Morgan fingerprint density at radius 2 is 2.00 bits per heavy atom. The maximum atomic E-state index is 12.5. The summed E-state index contributed by atoms with van der Waals surface area (Å²) in [7, 11) is -3.58. The smallest absolute Gasteiger partial charge is 0.241 e. The molecule has 110 valence electrons. The van der Waals surface area contributed by atoms with Gasteiger partial charge in [-0.1, -0.05) is 22.4 Å². The molecule has 0 radical (unpaired) electrons. The van der Waals surface area contributed by atoms with Gasteiger partial charge in [0.1, 0.15) is 0 Å². The van der Waals surface area contributed by atoms with E-state index in [-0.39, 0.29) is 17.4 Å². The summed E-state index contributed by atoms with van der Waals surface area (Å²) in [4.78, 5) is 0.247. The average molecular weight is 360 g/mol. The zero-order chi connectivity index (χ0) is 14.4. The number of benzene rings is 1. The predicted octanol–water partition coefficient (Wildman–Crippen LogP) is 2.28. The van der Waals surface area contributed by atoms with Gasteiger partial charge in [0.05, 0.1) is 17.0 Å². The highest BCUT2D eigenvalue weighted by Gasteiger charge is 2.52. The van der Waals surface area contributed by atoms with Crippen LogP contribution >= 0.6 is 15.9 Å². The Labute approximate surface area is 127 Å². The minimum absolute atomic E-state index is 0.121. The van der Waals surface area contributed by atoms with E-state index in [1.54, 1.807) is 24.3 Å². The molecule has 3 rings (SSSR count). The van der Waals surface area contributed by atoms with Gasteiger partial charge in [-0.25, -0.2) is 13.1 Å². The van der Waals surface area contributed by atoms with Crippen LogP contribution < -0.4 is 4.72 Å². The summed E-state index contributed by atoms with van der Waals surface area (Å²) in [5, 5.41) is 9.76. The van der Waals surface area contributed by atoms with E-state index < -0.39 is 15.6 Å². The molecule has 1 aromatic rings. The number of aliphatic hydroxyl groups is 1. The Hall–Kier alpha value is -0.430. The van der Waals surface area contributed by atoms with Crippen LogP contribution in [0, 0.1) is 11.8 Å². The molecule has 2 fully saturated rings. The first-order valence-electron chi connectivity index (χ1n) is 6.86. The van der Waals surface area contributed by atoms with Gasteiger partial charge in [-0.3, -0.25) is 0 Å². The largest absolute Gasteiger partial charge is 0.394 e. The van der Waals surface area contributed by atoms with Crippen LogP contribution in [0.15, 0.2) is 33.6 Å². The molecule has 20 heavy (non-hydrogen) atoms. The minimum atomic E-state index is -3.58. The quantitative estimate of drug-likeness (QED) is 0.866. The number of halogens is 1. The van der Waals surface area contributed by atoms with Crippen LogP contribution in [-0.4, -0.2) is 25.7 Å². The lowest BCUT2D eigenvalue weighted by Gasteiger charge is -2.36. The number of rotatable bonds is 4. The number of fused-ring (bicyclic) bond motifs is 2. The lowest BCUT2D eigenvalue weighted by atomic mass is 9.82. The van der Waals surface area contributed by atoms with Crippen molar-refractivity contribution in [3.63, 3.8) is 0 Å². The molecule has 2 aliphatic carbocycles. The Morgan fingerprint density at radius 1 is 1.30 bits per heavy atom. The van der Waals surface area contributed by atoms with E-state index >= 15 is 0 Å². The van der Waals surface area contributed by atoms with Crippen molar-refractivity contribution < 1.29 is 13.5 Å². The van der Waals surface area contributed by atoms with Crippen molar-refractivity contribution in [2.24, 2.45) is 11.8 Å². The molecular formula is C14H18BrNO3S. The minimum Gasteiger partial charge on any atom is -0.394 e. The number of aliphatic hydroxyl groups excluding tert-OH is 1. The number of hydrogen-bond acceptors (Lipinski definition) is 3. The maximum Gasteiger partial charge on any atom is 0.241 e. The fourth-order valence-corrected chi connectivity index (χ4v) is 5.46. The molecule has 0 heterocycles. The molecular weight excluding hydrogens is 342 g/mol. The Kier molecular flexibility index (Phi) is 3.69. The highest BCUT2D eigenvalue weighted by Crippen LogP contribution is 2.51. The van der Waals surface area contributed by atoms with E-state index in [0.29, 0.717) is 5.92 Å². The fourth-order valence-electron chi connectivity index (χ4n) is 3.74. The van der Waals surface area contributed by atoms with Crippen molar-refractivity contribution in [2.75, 3.05) is 6.61 Å². The van der Waals surface area contributed by atoms with Crippen LogP contribution in [0.4, 0.5) is 0 Å². The standard InChI is InChI=1S/C14H18BrNO3S/c15-12-3-5-13(6-4-12)20(18,19)16-14(9-17)8-10-1-2-11(14)7-10/h3-6,10-11,16-17H,1-2,7-9H2. The van der Waals surface area contributed by atoms with Crippen LogP contribution in [0.3, 0.4) is 0 Å². The zero-order valence-corrected chi connectivity index (χ0v) is 13.5. The lowest BCUT2D eigenvalue weighted by Crippen LogP contribution is -2.54. The fraction of sp³-hybridized carbons (Fsp3) is 0.571. The van der Waals surface area contributed by atoms with Gasteiger partial charge in [0.25, 0.3) is 0 Å². The van der Waals surface area contributed by atoms with Crippen molar-refractivity contribution in [3.05, 3.63) is 28.7 Å².